The van der Waals surface area contributed by atoms with Gasteiger partial charge in [-0.15, -0.1) is 0 Å². The number of carbonyl (C=O) groups is 2. The van der Waals surface area contributed by atoms with Crippen molar-refractivity contribution < 1.29 is 14.7 Å². The minimum absolute atomic E-state index is 0.188. The van der Waals surface area contributed by atoms with Crippen LogP contribution < -0.4 is 11.1 Å². The van der Waals surface area contributed by atoms with Gasteiger partial charge < -0.3 is 16.2 Å². The van der Waals surface area contributed by atoms with Gasteiger partial charge in [-0.25, -0.2) is 9.78 Å². The molecule has 0 aliphatic carbocycles. The predicted octanol–water partition coefficient (Wildman–Crippen LogP) is 0.766. The Morgan fingerprint density at radius 2 is 2.18 bits per heavy atom. The van der Waals surface area contributed by atoms with Crippen LogP contribution in [0.15, 0.2) is 12.1 Å². The van der Waals surface area contributed by atoms with Crippen molar-refractivity contribution in [3.63, 3.8) is 0 Å². The molecule has 0 radical (unpaired) electrons. The van der Waals surface area contributed by atoms with Crippen LogP contribution in [-0.2, 0) is 4.79 Å². The van der Waals surface area contributed by atoms with E-state index in [1.54, 1.807) is 13.0 Å². The van der Waals surface area contributed by atoms with E-state index in [0.717, 1.165) is 0 Å². The van der Waals surface area contributed by atoms with Crippen LogP contribution in [-0.4, -0.2) is 28.5 Å². The monoisotopic (exact) mass is 237 g/mol. The third-order valence-electron chi connectivity index (χ3n) is 2.22. The van der Waals surface area contributed by atoms with Crippen molar-refractivity contribution in [1.82, 2.24) is 4.98 Å². The van der Waals surface area contributed by atoms with Gasteiger partial charge in [0.1, 0.15) is 5.82 Å². The van der Waals surface area contributed by atoms with Gasteiger partial charge in [0.25, 0.3) is 0 Å². The molecule has 92 valence electrons. The number of hydrogen-bond donors (Lipinski definition) is 3. The third-order valence-corrected chi connectivity index (χ3v) is 2.22. The zero-order chi connectivity index (χ0) is 12.8. The normalized spacial score (nSPS) is 9.94. The highest BCUT2D eigenvalue weighted by atomic mass is 16.4. The molecule has 0 spiro atoms. The zero-order valence-electron chi connectivity index (χ0n) is 9.56. The molecule has 4 N–H and O–H groups in total. The summed E-state index contributed by atoms with van der Waals surface area (Å²) in [6.07, 6.45) is 0.940. The van der Waals surface area contributed by atoms with Crippen molar-refractivity contribution in [3.8, 4) is 0 Å². The molecule has 0 aliphatic rings. The third kappa shape index (κ3) is 4.10. The molecule has 0 atom stereocenters. The van der Waals surface area contributed by atoms with Crippen molar-refractivity contribution in [2.75, 3.05) is 11.9 Å². The van der Waals surface area contributed by atoms with Crippen LogP contribution in [0.5, 0.6) is 0 Å². The van der Waals surface area contributed by atoms with E-state index in [9.17, 15) is 9.59 Å². The first kappa shape index (κ1) is 13.0. The molecule has 1 aromatic heterocycles. The SMILES string of the molecule is Cc1nc(NCCCC(N)=O)ccc1C(=O)O. The number of amides is 1. The molecule has 1 rings (SSSR count). The van der Waals surface area contributed by atoms with Crippen LogP contribution in [0, 0.1) is 6.92 Å². The Morgan fingerprint density at radius 1 is 1.47 bits per heavy atom. The highest BCUT2D eigenvalue weighted by molar-refractivity contribution is 5.89. The summed E-state index contributed by atoms with van der Waals surface area (Å²) >= 11 is 0. The van der Waals surface area contributed by atoms with E-state index in [4.69, 9.17) is 10.8 Å². The van der Waals surface area contributed by atoms with Gasteiger partial charge in [-0.2, -0.15) is 0 Å². The van der Waals surface area contributed by atoms with Crippen molar-refractivity contribution >= 4 is 17.7 Å². The smallest absolute Gasteiger partial charge is 0.337 e. The Hall–Kier alpha value is -2.11. The van der Waals surface area contributed by atoms with Gasteiger partial charge in [0.15, 0.2) is 0 Å². The topological polar surface area (TPSA) is 105 Å². The van der Waals surface area contributed by atoms with Crippen LogP contribution in [0.2, 0.25) is 0 Å². The van der Waals surface area contributed by atoms with E-state index in [-0.39, 0.29) is 11.5 Å². The highest BCUT2D eigenvalue weighted by Gasteiger charge is 2.08. The molecule has 0 saturated heterocycles. The first-order valence-electron chi connectivity index (χ1n) is 5.24. The second-order valence-corrected chi connectivity index (χ2v) is 3.63. The molecule has 0 aliphatic heterocycles. The number of nitrogens with two attached hydrogens (primary N) is 1. The Labute approximate surface area is 98.8 Å². The van der Waals surface area contributed by atoms with Crippen LogP contribution in [0.1, 0.15) is 28.9 Å². The van der Waals surface area contributed by atoms with Crippen LogP contribution in [0.25, 0.3) is 0 Å². The molecule has 1 aromatic rings. The van der Waals surface area contributed by atoms with E-state index < -0.39 is 5.97 Å². The van der Waals surface area contributed by atoms with Crippen molar-refractivity contribution in [2.45, 2.75) is 19.8 Å². The molecule has 17 heavy (non-hydrogen) atoms. The first-order chi connectivity index (χ1) is 8.00. The molecule has 1 heterocycles. The zero-order valence-corrected chi connectivity index (χ0v) is 9.56. The quantitative estimate of drug-likeness (QED) is 0.633. The number of carboxylic acid groups (broad SMARTS) is 1. The molecule has 0 fully saturated rings. The number of nitrogens with zero attached hydrogens (tertiary/aromatic N) is 1. The lowest BCUT2D eigenvalue weighted by atomic mass is 10.2. The molecular weight excluding hydrogens is 222 g/mol. The number of aryl methyl sites for hydroxylation is 1. The molecule has 6 heteroatoms. The number of aromatic nitrogens is 1. The maximum Gasteiger partial charge on any atom is 0.337 e. The van der Waals surface area contributed by atoms with E-state index in [1.807, 2.05) is 0 Å². The van der Waals surface area contributed by atoms with Crippen molar-refractivity contribution in [1.29, 1.82) is 0 Å². The second kappa shape index (κ2) is 5.83. The Kier molecular flexibility index (Phi) is 4.45. The molecule has 0 saturated carbocycles. The summed E-state index contributed by atoms with van der Waals surface area (Å²) in [7, 11) is 0. The number of rotatable bonds is 6. The van der Waals surface area contributed by atoms with Gasteiger partial charge in [0.05, 0.1) is 11.3 Å². The van der Waals surface area contributed by atoms with Crippen LogP contribution >= 0.6 is 0 Å². The summed E-state index contributed by atoms with van der Waals surface area (Å²) in [6.45, 7) is 2.21. The van der Waals surface area contributed by atoms with Crippen molar-refractivity contribution in [2.24, 2.45) is 5.73 Å². The molecular formula is C11H15N3O3. The number of primary amides is 1. The second-order valence-electron chi connectivity index (χ2n) is 3.63. The molecule has 0 aromatic carbocycles. The Balaban J connectivity index is 2.53. The van der Waals surface area contributed by atoms with Crippen LogP contribution in [0.4, 0.5) is 5.82 Å². The molecule has 6 nitrogen and oxygen atoms in total. The van der Waals surface area contributed by atoms with Crippen molar-refractivity contribution in [3.05, 3.63) is 23.4 Å². The summed E-state index contributed by atoms with van der Waals surface area (Å²) in [5, 5.41) is 11.8. The summed E-state index contributed by atoms with van der Waals surface area (Å²) < 4.78 is 0. The number of nitrogens with one attached hydrogen (secondary N) is 1. The fourth-order valence-electron chi connectivity index (χ4n) is 1.36. The van der Waals surface area contributed by atoms with Gasteiger partial charge in [0, 0.05) is 13.0 Å². The molecule has 0 bridgehead atoms. The summed E-state index contributed by atoms with van der Waals surface area (Å²) in [5.41, 5.74) is 5.65. The maximum atomic E-state index is 10.8. The fraction of sp³-hybridized carbons (Fsp3) is 0.364. The standard InChI is InChI=1S/C11H15N3O3/c1-7-8(11(16)17)4-5-10(14-7)13-6-2-3-9(12)15/h4-5H,2-3,6H2,1H3,(H2,12,15)(H,13,14)(H,16,17). The lowest BCUT2D eigenvalue weighted by molar-refractivity contribution is -0.118. The van der Waals surface area contributed by atoms with E-state index in [1.165, 1.54) is 6.07 Å². The predicted molar refractivity (Wildman–Crippen MR) is 62.9 cm³/mol. The van der Waals surface area contributed by atoms with Gasteiger partial charge in [-0.1, -0.05) is 0 Å². The lowest BCUT2D eigenvalue weighted by Crippen LogP contribution is -2.13. The minimum atomic E-state index is -0.990. The minimum Gasteiger partial charge on any atom is -0.478 e. The van der Waals surface area contributed by atoms with Gasteiger partial charge in [0.2, 0.25) is 5.91 Å². The van der Waals surface area contributed by atoms with E-state index in [0.29, 0.717) is 30.9 Å². The first-order valence-corrected chi connectivity index (χ1v) is 5.24. The summed E-state index contributed by atoms with van der Waals surface area (Å²) in [6, 6.07) is 3.10. The Morgan fingerprint density at radius 3 is 2.71 bits per heavy atom. The van der Waals surface area contributed by atoms with Gasteiger partial charge in [-0.05, 0) is 25.5 Å². The highest BCUT2D eigenvalue weighted by Crippen LogP contribution is 2.10. The number of aromatic carboxylic acids is 1. The average molecular weight is 237 g/mol. The molecule has 1 amide bonds. The Bertz CT molecular complexity index is 432. The number of anilines is 1. The summed E-state index contributed by atoms with van der Waals surface area (Å²) in [4.78, 5) is 25.4. The van der Waals surface area contributed by atoms with Gasteiger partial charge >= 0.3 is 5.97 Å². The number of carbonyl (C=O) groups excluding carboxylic acids is 1. The fourth-order valence-corrected chi connectivity index (χ4v) is 1.36. The van der Waals surface area contributed by atoms with E-state index >= 15 is 0 Å². The number of carboxylic acids is 1. The largest absolute Gasteiger partial charge is 0.478 e. The average Bonchev–Trinajstić information content (AvgIpc) is 2.23. The lowest BCUT2D eigenvalue weighted by Gasteiger charge is -2.06. The van der Waals surface area contributed by atoms with Crippen LogP contribution in [0.3, 0.4) is 0 Å². The molecule has 0 unspecified atom stereocenters. The van der Waals surface area contributed by atoms with Gasteiger partial charge in [-0.3, -0.25) is 4.79 Å². The number of pyridine rings is 1. The van der Waals surface area contributed by atoms with E-state index in [2.05, 4.69) is 10.3 Å². The number of hydrogen-bond acceptors (Lipinski definition) is 4. The summed E-state index contributed by atoms with van der Waals surface area (Å²) in [5.74, 6) is -0.732. The maximum absolute atomic E-state index is 10.8.